The molecule has 0 aromatic carbocycles. The van der Waals surface area contributed by atoms with Crippen LogP contribution in [0.2, 0.25) is 0 Å². The van der Waals surface area contributed by atoms with E-state index in [-0.39, 0.29) is 22.2 Å². The standard InChI is InChI=1S/C11H18N4O4S/c1-3-4-12-11-13-7(2)9(15(18)19)10(14-11)20-6-8(17)5-16/h8,16-17H,3-6H2,1-2H3,(H,12,13,14). The van der Waals surface area contributed by atoms with Gasteiger partial charge in [0, 0.05) is 12.3 Å². The topological polar surface area (TPSA) is 121 Å². The van der Waals surface area contributed by atoms with Crippen LogP contribution in [0.3, 0.4) is 0 Å². The normalized spacial score (nSPS) is 12.2. The highest BCUT2D eigenvalue weighted by Gasteiger charge is 2.23. The van der Waals surface area contributed by atoms with Crippen LogP contribution in [0.15, 0.2) is 5.03 Å². The molecule has 1 aromatic heterocycles. The molecule has 1 heterocycles. The number of nitrogens with zero attached hydrogens (tertiary/aromatic N) is 3. The number of aromatic nitrogens is 2. The van der Waals surface area contributed by atoms with Crippen molar-refractivity contribution in [1.29, 1.82) is 0 Å². The Morgan fingerprint density at radius 2 is 2.20 bits per heavy atom. The number of hydrogen-bond acceptors (Lipinski definition) is 8. The molecule has 1 aromatic rings. The molecule has 1 rings (SSSR count). The lowest BCUT2D eigenvalue weighted by molar-refractivity contribution is -0.389. The summed E-state index contributed by atoms with van der Waals surface area (Å²) in [6.07, 6.45) is -0.0626. The molecule has 0 aliphatic heterocycles. The maximum atomic E-state index is 11.1. The molecule has 112 valence electrons. The number of aryl methyl sites for hydroxylation is 1. The quantitative estimate of drug-likeness (QED) is 0.281. The van der Waals surface area contributed by atoms with Gasteiger partial charge < -0.3 is 15.5 Å². The van der Waals surface area contributed by atoms with Gasteiger partial charge in [0.15, 0.2) is 5.03 Å². The fourth-order valence-corrected chi connectivity index (χ4v) is 2.36. The first kappa shape index (κ1) is 16.6. The summed E-state index contributed by atoms with van der Waals surface area (Å²) in [5.41, 5.74) is 0.103. The summed E-state index contributed by atoms with van der Waals surface area (Å²) in [6.45, 7) is 3.80. The lowest BCUT2D eigenvalue weighted by atomic mass is 10.4. The molecule has 1 unspecified atom stereocenters. The van der Waals surface area contributed by atoms with Gasteiger partial charge in [-0.3, -0.25) is 10.1 Å². The largest absolute Gasteiger partial charge is 0.394 e. The minimum Gasteiger partial charge on any atom is -0.394 e. The van der Waals surface area contributed by atoms with E-state index in [1.165, 1.54) is 0 Å². The minimum atomic E-state index is -0.943. The molecule has 0 amide bonds. The predicted octanol–water partition coefficient (Wildman–Crippen LogP) is 0.960. The molecule has 0 radical (unpaired) electrons. The van der Waals surface area contributed by atoms with E-state index >= 15 is 0 Å². The molecule has 0 aliphatic carbocycles. The fourth-order valence-electron chi connectivity index (χ4n) is 1.40. The van der Waals surface area contributed by atoms with E-state index in [9.17, 15) is 15.2 Å². The zero-order valence-electron chi connectivity index (χ0n) is 11.4. The molecule has 8 nitrogen and oxygen atoms in total. The molecular weight excluding hydrogens is 284 g/mol. The summed E-state index contributed by atoms with van der Waals surface area (Å²) < 4.78 is 0. The first-order valence-electron chi connectivity index (χ1n) is 6.18. The third-order valence-electron chi connectivity index (χ3n) is 2.37. The van der Waals surface area contributed by atoms with E-state index < -0.39 is 17.6 Å². The number of nitrogens with one attached hydrogen (secondary N) is 1. The number of hydrogen-bond donors (Lipinski definition) is 3. The van der Waals surface area contributed by atoms with Crippen LogP contribution in [0.5, 0.6) is 0 Å². The van der Waals surface area contributed by atoms with E-state index in [2.05, 4.69) is 15.3 Å². The molecule has 9 heteroatoms. The molecule has 20 heavy (non-hydrogen) atoms. The van der Waals surface area contributed by atoms with Gasteiger partial charge in [-0.05, 0) is 13.3 Å². The van der Waals surface area contributed by atoms with Crippen molar-refractivity contribution in [1.82, 2.24) is 9.97 Å². The number of aliphatic hydroxyl groups is 2. The SMILES string of the molecule is CCCNc1nc(C)c([N+](=O)[O-])c(SCC(O)CO)n1. The number of aliphatic hydroxyl groups excluding tert-OH is 2. The van der Waals surface area contributed by atoms with Crippen LogP contribution in [0.25, 0.3) is 0 Å². The number of thioether (sulfide) groups is 1. The van der Waals surface area contributed by atoms with Crippen molar-refractivity contribution >= 4 is 23.4 Å². The van der Waals surface area contributed by atoms with Gasteiger partial charge in [-0.1, -0.05) is 18.7 Å². The highest BCUT2D eigenvalue weighted by molar-refractivity contribution is 7.99. The van der Waals surface area contributed by atoms with Crippen molar-refractivity contribution in [3.8, 4) is 0 Å². The maximum absolute atomic E-state index is 11.1. The first-order valence-corrected chi connectivity index (χ1v) is 7.16. The second-order valence-corrected chi connectivity index (χ2v) is 5.13. The fraction of sp³-hybridized carbons (Fsp3) is 0.636. The average molecular weight is 302 g/mol. The Morgan fingerprint density at radius 1 is 1.50 bits per heavy atom. The van der Waals surface area contributed by atoms with Crippen LogP contribution in [0.1, 0.15) is 19.0 Å². The third kappa shape index (κ3) is 4.58. The molecule has 0 saturated carbocycles. The van der Waals surface area contributed by atoms with Crippen molar-refractivity contribution < 1.29 is 15.1 Å². The molecule has 0 fully saturated rings. The van der Waals surface area contributed by atoms with E-state index in [4.69, 9.17) is 5.11 Å². The van der Waals surface area contributed by atoms with E-state index in [1.807, 2.05) is 6.92 Å². The minimum absolute atomic E-state index is 0.126. The molecule has 0 aliphatic rings. The van der Waals surface area contributed by atoms with E-state index in [0.717, 1.165) is 18.2 Å². The van der Waals surface area contributed by atoms with Gasteiger partial charge in [0.05, 0.1) is 17.6 Å². The molecule has 0 bridgehead atoms. The lowest BCUT2D eigenvalue weighted by Crippen LogP contribution is -2.15. The van der Waals surface area contributed by atoms with Gasteiger partial charge in [-0.2, -0.15) is 4.98 Å². The van der Waals surface area contributed by atoms with Crippen LogP contribution in [-0.2, 0) is 0 Å². The Hall–Kier alpha value is -1.45. The van der Waals surface area contributed by atoms with Gasteiger partial charge in [-0.25, -0.2) is 4.98 Å². The summed E-state index contributed by atoms with van der Waals surface area (Å²) in [7, 11) is 0. The Bertz CT molecular complexity index is 472. The van der Waals surface area contributed by atoms with Crippen molar-refractivity contribution in [3.05, 3.63) is 15.8 Å². The zero-order valence-corrected chi connectivity index (χ0v) is 12.2. The summed E-state index contributed by atoms with van der Waals surface area (Å²) in [5.74, 6) is 0.456. The zero-order chi connectivity index (χ0) is 15.1. The second-order valence-electron chi connectivity index (χ2n) is 4.12. The highest BCUT2D eigenvalue weighted by Crippen LogP contribution is 2.30. The smallest absolute Gasteiger partial charge is 0.322 e. The predicted molar refractivity (Wildman–Crippen MR) is 76.0 cm³/mol. The van der Waals surface area contributed by atoms with E-state index in [0.29, 0.717) is 12.5 Å². The van der Waals surface area contributed by atoms with Crippen LogP contribution >= 0.6 is 11.8 Å². The number of anilines is 1. The van der Waals surface area contributed by atoms with Gasteiger partial charge in [-0.15, -0.1) is 0 Å². The lowest BCUT2D eigenvalue weighted by Gasteiger charge is -2.10. The monoisotopic (exact) mass is 302 g/mol. The third-order valence-corrected chi connectivity index (χ3v) is 3.47. The van der Waals surface area contributed by atoms with Crippen molar-refractivity contribution in [3.63, 3.8) is 0 Å². The van der Waals surface area contributed by atoms with Crippen molar-refractivity contribution in [2.45, 2.75) is 31.4 Å². The van der Waals surface area contributed by atoms with Crippen LogP contribution in [0, 0.1) is 17.0 Å². The molecule has 1 atom stereocenters. The van der Waals surface area contributed by atoms with Gasteiger partial charge in [0.2, 0.25) is 5.95 Å². The summed E-state index contributed by atoms with van der Waals surface area (Å²) in [6, 6.07) is 0. The Kier molecular flexibility index (Phi) is 6.62. The number of rotatable bonds is 8. The summed E-state index contributed by atoms with van der Waals surface area (Å²) in [4.78, 5) is 18.7. The van der Waals surface area contributed by atoms with Gasteiger partial charge in [0.25, 0.3) is 0 Å². The van der Waals surface area contributed by atoms with Gasteiger partial charge >= 0.3 is 5.69 Å². The summed E-state index contributed by atoms with van der Waals surface area (Å²) in [5, 5.41) is 32.3. The molecule has 0 spiro atoms. The van der Waals surface area contributed by atoms with Crippen molar-refractivity contribution in [2.24, 2.45) is 0 Å². The molecule has 3 N–H and O–H groups in total. The maximum Gasteiger partial charge on any atom is 0.322 e. The summed E-state index contributed by atoms with van der Waals surface area (Å²) >= 11 is 1.03. The Morgan fingerprint density at radius 3 is 2.75 bits per heavy atom. The average Bonchev–Trinajstić information content (AvgIpc) is 2.41. The highest BCUT2D eigenvalue weighted by atomic mass is 32.2. The van der Waals surface area contributed by atoms with Crippen molar-refractivity contribution in [2.75, 3.05) is 24.2 Å². The Balaban J connectivity index is 3.01. The second kappa shape index (κ2) is 7.98. The van der Waals surface area contributed by atoms with Gasteiger partial charge in [0.1, 0.15) is 5.69 Å². The Labute approximate surface area is 120 Å². The first-order chi connectivity index (χ1) is 9.49. The molecular formula is C11H18N4O4S. The van der Waals surface area contributed by atoms with Crippen LogP contribution in [0.4, 0.5) is 11.6 Å². The molecule has 0 saturated heterocycles. The van der Waals surface area contributed by atoms with E-state index in [1.54, 1.807) is 6.92 Å². The van der Waals surface area contributed by atoms with Crippen LogP contribution in [-0.4, -0.2) is 50.1 Å². The number of nitro groups is 1. The van der Waals surface area contributed by atoms with Crippen LogP contribution < -0.4 is 5.32 Å².